The van der Waals surface area contributed by atoms with Crippen molar-refractivity contribution >= 4 is 19.8 Å². The van der Waals surface area contributed by atoms with Gasteiger partial charge in [0, 0.05) is 12.8 Å². The highest BCUT2D eigenvalue weighted by Gasteiger charge is 2.27. The summed E-state index contributed by atoms with van der Waals surface area (Å²) in [5.41, 5.74) is 0. The van der Waals surface area contributed by atoms with Crippen molar-refractivity contribution in [3.8, 4) is 0 Å². The molecule has 0 aliphatic heterocycles. The standard InChI is InChI=1S/C42H81O10P/c1-3-5-7-9-11-13-14-15-16-17-18-19-20-21-22-23-24-26-27-29-31-33-41(45)49-37-40(38-51-53(47,48)50-36-39(44)35-43)52-42(46)34-32-30-28-25-12-10-8-6-4-2/h15-16,39-40,43-44H,3-14,17-38H2,1-2H3,(H,47,48)/b16-15+/t39-,40+/m1/s1. The Morgan fingerprint density at radius 2 is 0.925 bits per heavy atom. The van der Waals surface area contributed by atoms with Crippen LogP contribution in [-0.4, -0.2) is 65.7 Å². The van der Waals surface area contributed by atoms with E-state index in [1.807, 2.05) is 0 Å². The van der Waals surface area contributed by atoms with Gasteiger partial charge in [0.05, 0.1) is 19.8 Å². The Kier molecular flexibility index (Phi) is 38.0. The van der Waals surface area contributed by atoms with E-state index in [4.69, 9.17) is 19.1 Å². The van der Waals surface area contributed by atoms with Gasteiger partial charge in [0.25, 0.3) is 0 Å². The fraction of sp³-hybridized carbons (Fsp3) is 0.905. The lowest BCUT2D eigenvalue weighted by Crippen LogP contribution is -2.29. The zero-order valence-corrected chi connectivity index (χ0v) is 34.9. The van der Waals surface area contributed by atoms with Crippen LogP contribution in [-0.2, 0) is 32.7 Å². The minimum absolute atomic E-state index is 0.188. The van der Waals surface area contributed by atoms with Crippen LogP contribution in [0.2, 0.25) is 0 Å². The smallest absolute Gasteiger partial charge is 0.462 e. The molecule has 0 aromatic heterocycles. The van der Waals surface area contributed by atoms with Crippen LogP contribution in [0.4, 0.5) is 0 Å². The second kappa shape index (κ2) is 39.0. The van der Waals surface area contributed by atoms with Crippen molar-refractivity contribution in [3.05, 3.63) is 12.2 Å². The van der Waals surface area contributed by atoms with Crippen LogP contribution in [0.25, 0.3) is 0 Å². The lowest BCUT2D eigenvalue weighted by molar-refractivity contribution is -0.161. The van der Waals surface area contributed by atoms with Gasteiger partial charge in [-0.2, -0.15) is 0 Å². The third-order valence-electron chi connectivity index (χ3n) is 9.42. The zero-order chi connectivity index (χ0) is 39.1. The van der Waals surface area contributed by atoms with Crippen molar-refractivity contribution in [2.75, 3.05) is 26.4 Å². The summed E-state index contributed by atoms with van der Waals surface area (Å²) in [6.07, 6.45) is 36.2. The second-order valence-corrected chi connectivity index (χ2v) is 16.2. The summed E-state index contributed by atoms with van der Waals surface area (Å²) in [6, 6.07) is 0. The molecule has 0 aliphatic carbocycles. The molecule has 0 radical (unpaired) electrons. The van der Waals surface area contributed by atoms with Gasteiger partial charge in [-0.3, -0.25) is 18.6 Å². The Morgan fingerprint density at radius 3 is 1.36 bits per heavy atom. The fourth-order valence-electron chi connectivity index (χ4n) is 6.05. The molecule has 53 heavy (non-hydrogen) atoms. The molecule has 0 aliphatic rings. The van der Waals surface area contributed by atoms with Crippen LogP contribution in [0.15, 0.2) is 12.2 Å². The van der Waals surface area contributed by atoms with E-state index in [0.29, 0.717) is 12.8 Å². The number of unbranched alkanes of at least 4 members (excludes halogenated alkanes) is 25. The van der Waals surface area contributed by atoms with Gasteiger partial charge >= 0.3 is 19.8 Å². The monoisotopic (exact) mass is 777 g/mol. The van der Waals surface area contributed by atoms with E-state index in [0.717, 1.165) is 38.5 Å². The average molecular weight is 777 g/mol. The molecule has 3 N–H and O–H groups in total. The van der Waals surface area contributed by atoms with Crippen molar-refractivity contribution in [2.45, 2.75) is 219 Å². The van der Waals surface area contributed by atoms with E-state index >= 15 is 0 Å². The van der Waals surface area contributed by atoms with Gasteiger partial charge in [-0.05, 0) is 38.5 Å². The third-order valence-corrected chi connectivity index (χ3v) is 10.4. The van der Waals surface area contributed by atoms with Gasteiger partial charge in [-0.1, -0.05) is 167 Å². The Balaban J connectivity index is 4.13. The highest BCUT2D eigenvalue weighted by atomic mass is 31.2. The summed E-state index contributed by atoms with van der Waals surface area (Å²) < 4.78 is 32.6. The highest BCUT2D eigenvalue weighted by molar-refractivity contribution is 7.47. The first kappa shape index (κ1) is 51.7. The number of hydrogen-bond acceptors (Lipinski definition) is 9. The number of aliphatic hydroxyl groups excluding tert-OH is 2. The van der Waals surface area contributed by atoms with Crippen molar-refractivity contribution in [1.82, 2.24) is 0 Å². The van der Waals surface area contributed by atoms with E-state index in [9.17, 15) is 24.2 Å². The molecule has 0 saturated heterocycles. The summed E-state index contributed by atoms with van der Waals surface area (Å²) in [5, 5.41) is 18.3. The number of carbonyl (C=O) groups is 2. The first-order valence-electron chi connectivity index (χ1n) is 21.6. The summed E-state index contributed by atoms with van der Waals surface area (Å²) in [4.78, 5) is 34.8. The van der Waals surface area contributed by atoms with Crippen LogP contribution in [0.1, 0.15) is 206 Å². The SMILES string of the molecule is CCCCCCCC/C=C/CCCCCCCCCCCCCC(=O)OC[C@@H](COP(=O)(O)OC[C@H](O)CO)OC(=O)CCCCCCCCCCC. The van der Waals surface area contributed by atoms with Gasteiger partial charge < -0.3 is 24.6 Å². The zero-order valence-electron chi connectivity index (χ0n) is 34.0. The summed E-state index contributed by atoms with van der Waals surface area (Å²) in [5.74, 6) is -0.920. The maximum Gasteiger partial charge on any atom is 0.472 e. The minimum Gasteiger partial charge on any atom is -0.462 e. The van der Waals surface area contributed by atoms with Crippen molar-refractivity contribution in [3.63, 3.8) is 0 Å². The largest absolute Gasteiger partial charge is 0.472 e. The van der Waals surface area contributed by atoms with Crippen molar-refractivity contribution in [1.29, 1.82) is 0 Å². The van der Waals surface area contributed by atoms with Crippen LogP contribution in [0, 0.1) is 0 Å². The van der Waals surface area contributed by atoms with E-state index in [1.54, 1.807) is 0 Å². The quantitative estimate of drug-likeness (QED) is 0.0237. The number of esters is 2. The molecular formula is C42H81O10P. The summed E-state index contributed by atoms with van der Waals surface area (Å²) >= 11 is 0. The molecule has 0 spiro atoms. The Hall–Kier alpha value is -1.29. The predicted octanol–water partition coefficient (Wildman–Crippen LogP) is 11.2. The summed E-state index contributed by atoms with van der Waals surface area (Å²) in [6.45, 7) is 2.37. The highest BCUT2D eigenvalue weighted by Crippen LogP contribution is 2.43. The molecule has 0 rings (SSSR count). The predicted molar refractivity (Wildman–Crippen MR) is 215 cm³/mol. The molecule has 11 heteroatoms. The average Bonchev–Trinajstić information content (AvgIpc) is 3.14. The van der Waals surface area contributed by atoms with Crippen LogP contribution in [0.5, 0.6) is 0 Å². The van der Waals surface area contributed by atoms with Crippen LogP contribution < -0.4 is 0 Å². The first-order valence-corrected chi connectivity index (χ1v) is 23.1. The van der Waals surface area contributed by atoms with Gasteiger partial charge in [-0.25, -0.2) is 4.57 Å². The molecule has 0 amide bonds. The van der Waals surface area contributed by atoms with Crippen molar-refractivity contribution in [2.24, 2.45) is 0 Å². The molecule has 0 aromatic rings. The molecule has 0 bridgehead atoms. The molecule has 10 nitrogen and oxygen atoms in total. The Labute approximate surface area is 324 Å². The normalized spacial score (nSPS) is 14.0. The first-order chi connectivity index (χ1) is 25.7. The van der Waals surface area contributed by atoms with E-state index in [-0.39, 0.29) is 19.4 Å². The number of allylic oxidation sites excluding steroid dienone is 2. The van der Waals surface area contributed by atoms with E-state index < -0.39 is 51.8 Å². The molecule has 0 fully saturated rings. The number of phosphoric ester groups is 1. The second-order valence-electron chi connectivity index (χ2n) is 14.7. The topological polar surface area (TPSA) is 149 Å². The van der Waals surface area contributed by atoms with Crippen LogP contribution in [0.3, 0.4) is 0 Å². The maximum absolute atomic E-state index is 12.5. The number of carbonyl (C=O) groups excluding carboxylic acids is 2. The lowest BCUT2D eigenvalue weighted by Gasteiger charge is -2.20. The van der Waals surface area contributed by atoms with E-state index in [1.165, 1.54) is 128 Å². The number of hydrogen-bond donors (Lipinski definition) is 3. The summed E-state index contributed by atoms with van der Waals surface area (Å²) in [7, 11) is -4.61. The van der Waals surface area contributed by atoms with Crippen molar-refractivity contribution < 1.29 is 47.8 Å². The Bertz CT molecular complexity index is 899. The molecule has 0 aromatic carbocycles. The van der Waals surface area contributed by atoms with Gasteiger partial charge in [0.15, 0.2) is 6.10 Å². The number of rotatable bonds is 41. The molecule has 3 atom stereocenters. The number of ether oxygens (including phenoxy) is 2. The molecule has 314 valence electrons. The number of phosphoric acid groups is 1. The Morgan fingerprint density at radius 1 is 0.547 bits per heavy atom. The molecular weight excluding hydrogens is 695 g/mol. The fourth-order valence-corrected chi connectivity index (χ4v) is 6.84. The van der Waals surface area contributed by atoms with E-state index in [2.05, 4.69) is 30.5 Å². The molecule has 1 unspecified atom stereocenters. The van der Waals surface area contributed by atoms with Gasteiger partial charge in [0.1, 0.15) is 12.7 Å². The van der Waals surface area contributed by atoms with Crippen LogP contribution >= 0.6 is 7.82 Å². The maximum atomic E-state index is 12.5. The minimum atomic E-state index is -4.61. The molecule has 0 heterocycles. The number of aliphatic hydroxyl groups is 2. The van der Waals surface area contributed by atoms with Gasteiger partial charge in [0.2, 0.25) is 0 Å². The van der Waals surface area contributed by atoms with Gasteiger partial charge in [-0.15, -0.1) is 0 Å². The molecule has 0 saturated carbocycles. The lowest BCUT2D eigenvalue weighted by atomic mass is 10.0. The third kappa shape index (κ3) is 38.8.